The molecule has 0 saturated carbocycles. The SMILES string of the molecule is COCc1cccc(C(=O)O[C@@H](C)C(=O)c2[nH]c(C)c(C(C)=O)c2C)c1. The smallest absolute Gasteiger partial charge is 0.338 e. The number of carbonyl (C=O) groups excluding carboxylic acids is 3. The van der Waals surface area contributed by atoms with Gasteiger partial charge in [0.2, 0.25) is 5.78 Å². The maximum Gasteiger partial charge on any atom is 0.338 e. The molecule has 0 bridgehead atoms. The third-order valence-electron chi connectivity index (χ3n) is 4.16. The summed E-state index contributed by atoms with van der Waals surface area (Å²) in [5, 5.41) is 0. The van der Waals surface area contributed by atoms with Gasteiger partial charge in [-0.05, 0) is 51.0 Å². The molecule has 0 fully saturated rings. The number of ketones is 2. The summed E-state index contributed by atoms with van der Waals surface area (Å²) in [6, 6.07) is 6.86. The Kier molecular flexibility index (Phi) is 6.10. The second-order valence-corrected chi connectivity index (χ2v) is 6.23. The average molecular weight is 357 g/mol. The van der Waals surface area contributed by atoms with E-state index in [1.807, 2.05) is 6.07 Å². The zero-order chi connectivity index (χ0) is 19.4. The highest BCUT2D eigenvalue weighted by Crippen LogP contribution is 2.21. The fraction of sp³-hybridized carbons (Fsp3) is 0.350. The van der Waals surface area contributed by atoms with Crippen molar-refractivity contribution in [3.8, 4) is 0 Å². The van der Waals surface area contributed by atoms with Crippen molar-refractivity contribution in [3.63, 3.8) is 0 Å². The largest absolute Gasteiger partial charge is 0.451 e. The monoisotopic (exact) mass is 357 g/mol. The van der Waals surface area contributed by atoms with Gasteiger partial charge in [-0.2, -0.15) is 0 Å². The van der Waals surface area contributed by atoms with Gasteiger partial charge >= 0.3 is 5.97 Å². The van der Waals surface area contributed by atoms with Crippen LogP contribution in [0.4, 0.5) is 0 Å². The van der Waals surface area contributed by atoms with E-state index in [1.54, 1.807) is 39.2 Å². The Hall–Kier alpha value is -2.73. The first-order chi connectivity index (χ1) is 12.3. The molecule has 6 nitrogen and oxygen atoms in total. The number of hydrogen-bond donors (Lipinski definition) is 1. The number of ether oxygens (including phenoxy) is 2. The summed E-state index contributed by atoms with van der Waals surface area (Å²) in [6.45, 7) is 6.79. The van der Waals surface area contributed by atoms with Gasteiger partial charge in [0.1, 0.15) is 0 Å². The quantitative estimate of drug-likeness (QED) is 0.606. The third-order valence-corrected chi connectivity index (χ3v) is 4.16. The zero-order valence-corrected chi connectivity index (χ0v) is 15.6. The Bertz CT molecular complexity index is 850. The molecule has 0 radical (unpaired) electrons. The number of rotatable bonds is 7. The molecule has 2 rings (SSSR count). The molecule has 0 aliphatic carbocycles. The summed E-state index contributed by atoms with van der Waals surface area (Å²) >= 11 is 0. The van der Waals surface area contributed by atoms with Gasteiger partial charge in [0.25, 0.3) is 0 Å². The zero-order valence-electron chi connectivity index (χ0n) is 15.6. The van der Waals surface area contributed by atoms with Crippen molar-refractivity contribution in [2.24, 2.45) is 0 Å². The first-order valence-electron chi connectivity index (χ1n) is 8.29. The van der Waals surface area contributed by atoms with E-state index in [0.29, 0.717) is 34.7 Å². The first-order valence-corrected chi connectivity index (χ1v) is 8.29. The van der Waals surface area contributed by atoms with Crippen molar-refractivity contribution in [1.29, 1.82) is 0 Å². The summed E-state index contributed by atoms with van der Waals surface area (Å²) < 4.78 is 10.4. The second kappa shape index (κ2) is 8.10. The number of aryl methyl sites for hydroxylation is 1. The Morgan fingerprint density at radius 1 is 1.19 bits per heavy atom. The number of aromatic nitrogens is 1. The molecule has 1 aromatic carbocycles. The molecule has 0 spiro atoms. The molecule has 1 heterocycles. The number of esters is 1. The van der Waals surface area contributed by atoms with Crippen LogP contribution in [0.1, 0.15) is 61.9 Å². The van der Waals surface area contributed by atoms with Gasteiger partial charge in [-0.3, -0.25) is 9.59 Å². The summed E-state index contributed by atoms with van der Waals surface area (Å²) in [5.41, 5.74) is 3.18. The van der Waals surface area contributed by atoms with Crippen molar-refractivity contribution in [3.05, 3.63) is 57.9 Å². The van der Waals surface area contributed by atoms with Gasteiger partial charge in [0.15, 0.2) is 11.9 Å². The lowest BCUT2D eigenvalue weighted by atomic mass is 10.0. The topological polar surface area (TPSA) is 85.5 Å². The Morgan fingerprint density at radius 3 is 2.46 bits per heavy atom. The second-order valence-electron chi connectivity index (χ2n) is 6.23. The molecule has 2 aromatic rings. The molecule has 0 aliphatic heterocycles. The van der Waals surface area contributed by atoms with Crippen LogP contribution in [-0.2, 0) is 16.1 Å². The van der Waals surface area contributed by atoms with Gasteiger partial charge in [-0.1, -0.05) is 12.1 Å². The Balaban J connectivity index is 2.17. The standard InChI is InChI=1S/C20H23NO5/c1-11-17(13(3)22)12(2)21-18(11)19(23)14(4)26-20(24)16-8-6-7-15(9-16)10-25-5/h6-9,14,21H,10H2,1-5H3/t14-/m0/s1. The van der Waals surface area contributed by atoms with Crippen molar-refractivity contribution in [1.82, 2.24) is 4.98 Å². The maximum atomic E-state index is 12.7. The molecule has 0 unspecified atom stereocenters. The fourth-order valence-corrected chi connectivity index (χ4v) is 2.96. The van der Waals surface area contributed by atoms with E-state index in [2.05, 4.69) is 4.98 Å². The van der Waals surface area contributed by atoms with Crippen LogP contribution in [0.2, 0.25) is 0 Å². The van der Waals surface area contributed by atoms with Gasteiger partial charge in [-0.25, -0.2) is 4.79 Å². The van der Waals surface area contributed by atoms with Crippen molar-refractivity contribution >= 4 is 17.5 Å². The summed E-state index contributed by atoms with van der Waals surface area (Å²) in [5.74, 6) is -1.08. The molecular formula is C20H23NO5. The highest BCUT2D eigenvalue weighted by molar-refractivity contribution is 6.05. The van der Waals surface area contributed by atoms with Crippen LogP contribution in [0.15, 0.2) is 24.3 Å². The predicted octanol–water partition coefficient (Wildman–Crippen LogP) is 3.41. The highest BCUT2D eigenvalue weighted by atomic mass is 16.5. The van der Waals surface area contributed by atoms with Gasteiger partial charge in [0, 0.05) is 18.4 Å². The fourth-order valence-electron chi connectivity index (χ4n) is 2.96. The molecule has 26 heavy (non-hydrogen) atoms. The van der Waals surface area contributed by atoms with E-state index >= 15 is 0 Å². The average Bonchev–Trinajstić information content (AvgIpc) is 2.89. The van der Waals surface area contributed by atoms with Crippen LogP contribution in [0.3, 0.4) is 0 Å². The maximum absolute atomic E-state index is 12.7. The van der Waals surface area contributed by atoms with Crippen LogP contribution in [0.5, 0.6) is 0 Å². The number of aromatic amines is 1. The Labute approximate surface area is 152 Å². The molecule has 138 valence electrons. The van der Waals surface area contributed by atoms with Gasteiger partial charge in [0.05, 0.1) is 17.9 Å². The van der Waals surface area contributed by atoms with Crippen LogP contribution >= 0.6 is 0 Å². The number of H-pyrrole nitrogens is 1. The normalized spacial score (nSPS) is 11.9. The van der Waals surface area contributed by atoms with E-state index in [4.69, 9.17) is 9.47 Å². The van der Waals surface area contributed by atoms with E-state index in [9.17, 15) is 14.4 Å². The number of Topliss-reactive ketones (excluding diaryl/α,β-unsaturated/α-hetero) is 2. The molecule has 1 atom stereocenters. The Morgan fingerprint density at radius 2 is 1.88 bits per heavy atom. The van der Waals surface area contributed by atoms with Gasteiger partial charge < -0.3 is 14.5 Å². The van der Waals surface area contributed by atoms with Crippen molar-refractivity contribution in [2.75, 3.05) is 7.11 Å². The number of methoxy groups -OCH3 is 1. The minimum atomic E-state index is -0.981. The molecule has 1 N–H and O–H groups in total. The van der Waals surface area contributed by atoms with Crippen LogP contribution in [0, 0.1) is 13.8 Å². The summed E-state index contributed by atoms with van der Waals surface area (Å²) in [4.78, 5) is 39.6. The van der Waals surface area contributed by atoms with E-state index in [0.717, 1.165) is 5.56 Å². The first kappa shape index (κ1) is 19.6. The third kappa shape index (κ3) is 4.08. The van der Waals surface area contributed by atoms with Crippen LogP contribution in [-0.4, -0.2) is 35.7 Å². The minimum absolute atomic E-state index is 0.116. The number of benzene rings is 1. The van der Waals surface area contributed by atoms with Crippen molar-refractivity contribution in [2.45, 2.75) is 40.4 Å². The van der Waals surface area contributed by atoms with Crippen molar-refractivity contribution < 1.29 is 23.9 Å². The number of nitrogens with one attached hydrogen (secondary N) is 1. The lowest BCUT2D eigenvalue weighted by Gasteiger charge is -2.13. The van der Waals surface area contributed by atoms with E-state index in [1.165, 1.54) is 13.8 Å². The lowest BCUT2D eigenvalue weighted by molar-refractivity contribution is 0.0316. The lowest BCUT2D eigenvalue weighted by Crippen LogP contribution is -2.25. The van der Waals surface area contributed by atoms with Gasteiger partial charge in [-0.15, -0.1) is 0 Å². The minimum Gasteiger partial charge on any atom is -0.451 e. The van der Waals surface area contributed by atoms with E-state index < -0.39 is 12.1 Å². The molecular weight excluding hydrogens is 334 g/mol. The molecule has 0 aliphatic rings. The molecule has 0 saturated heterocycles. The highest BCUT2D eigenvalue weighted by Gasteiger charge is 2.26. The molecule has 1 aromatic heterocycles. The summed E-state index contributed by atoms with van der Waals surface area (Å²) in [6.07, 6.45) is -0.981. The van der Waals surface area contributed by atoms with Crippen LogP contribution < -0.4 is 0 Å². The summed E-state index contributed by atoms with van der Waals surface area (Å²) in [7, 11) is 1.57. The number of carbonyl (C=O) groups is 3. The van der Waals surface area contributed by atoms with Crippen LogP contribution in [0.25, 0.3) is 0 Å². The molecule has 0 amide bonds. The molecule has 6 heteroatoms. The van der Waals surface area contributed by atoms with E-state index in [-0.39, 0.29) is 11.6 Å². The number of hydrogen-bond acceptors (Lipinski definition) is 5. The predicted molar refractivity (Wildman–Crippen MR) is 96.6 cm³/mol.